The van der Waals surface area contributed by atoms with Crippen LogP contribution in [0.2, 0.25) is 5.02 Å². The molecule has 0 unspecified atom stereocenters. The zero-order valence-corrected chi connectivity index (χ0v) is 13.6. The summed E-state index contributed by atoms with van der Waals surface area (Å²) < 4.78 is 5.94. The fourth-order valence-corrected chi connectivity index (χ4v) is 3.24. The van der Waals surface area contributed by atoms with Gasteiger partial charge in [0.05, 0.1) is 12.7 Å². The highest BCUT2D eigenvalue weighted by atomic mass is 35.5. The van der Waals surface area contributed by atoms with E-state index in [-0.39, 0.29) is 11.6 Å². The molecule has 1 saturated carbocycles. The molecule has 2 aromatic rings. The molecule has 0 aliphatic heterocycles. The van der Waals surface area contributed by atoms with E-state index in [0.29, 0.717) is 6.61 Å². The zero-order valence-electron chi connectivity index (χ0n) is 12.9. The van der Waals surface area contributed by atoms with Crippen molar-refractivity contribution in [2.24, 2.45) is 5.73 Å². The van der Waals surface area contributed by atoms with Gasteiger partial charge >= 0.3 is 0 Å². The first-order chi connectivity index (χ1) is 10.5. The minimum absolute atomic E-state index is 0.137. The lowest BCUT2D eigenvalue weighted by molar-refractivity contribution is -0.0514. The topological polar surface area (TPSA) is 35.2 Å². The molecular weight excluding hydrogens is 294 g/mol. The van der Waals surface area contributed by atoms with Gasteiger partial charge in [-0.3, -0.25) is 0 Å². The van der Waals surface area contributed by atoms with E-state index < -0.39 is 0 Å². The Morgan fingerprint density at radius 1 is 1.14 bits per heavy atom. The molecule has 0 atom stereocenters. The van der Waals surface area contributed by atoms with Gasteiger partial charge in [0.25, 0.3) is 0 Å². The van der Waals surface area contributed by atoms with Crippen LogP contribution in [0.15, 0.2) is 48.5 Å². The average molecular weight is 316 g/mol. The lowest BCUT2D eigenvalue weighted by Crippen LogP contribution is -2.56. The van der Waals surface area contributed by atoms with Gasteiger partial charge in [0.15, 0.2) is 0 Å². The van der Waals surface area contributed by atoms with E-state index in [4.69, 9.17) is 22.1 Å². The maximum absolute atomic E-state index is 6.47. The normalized spacial score (nSPS) is 24.0. The second-order valence-electron chi connectivity index (χ2n) is 6.45. The van der Waals surface area contributed by atoms with E-state index in [1.54, 1.807) is 0 Å². The van der Waals surface area contributed by atoms with E-state index in [1.807, 2.05) is 31.2 Å². The van der Waals surface area contributed by atoms with Crippen molar-refractivity contribution in [2.75, 3.05) is 0 Å². The van der Waals surface area contributed by atoms with Crippen molar-refractivity contribution in [3.05, 3.63) is 70.2 Å². The summed E-state index contributed by atoms with van der Waals surface area (Å²) in [4.78, 5) is 0. The largest absolute Gasteiger partial charge is 0.373 e. The number of hydrogen-bond acceptors (Lipinski definition) is 2. The van der Waals surface area contributed by atoms with Gasteiger partial charge in [-0.05, 0) is 48.9 Å². The minimum Gasteiger partial charge on any atom is -0.373 e. The molecular formula is C19H22ClNO. The van der Waals surface area contributed by atoms with Gasteiger partial charge < -0.3 is 10.5 Å². The Hall–Kier alpha value is -1.35. The molecule has 22 heavy (non-hydrogen) atoms. The van der Waals surface area contributed by atoms with Gasteiger partial charge in [0.2, 0.25) is 0 Å². The van der Waals surface area contributed by atoms with Gasteiger partial charge in [-0.1, -0.05) is 54.1 Å². The molecule has 0 amide bonds. The Morgan fingerprint density at radius 2 is 1.86 bits per heavy atom. The maximum Gasteiger partial charge on any atom is 0.0720 e. The van der Waals surface area contributed by atoms with Crippen LogP contribution < -0.4 is 5.73 Å². The molecule has 0 spiro atoms. The third kappa shape index (κ3) is 3.70. The van der Waals surface area contributed by atoms with Crippen molar-refractivity contribution < 1.29 is 4.74 Å². The second-order valence-corrected chi connectivity index (χ2v) is 6.86. The summed E-state index contributed by atoms with van der Waals surface area (Å²) in [7, 11) is 0. The quantitative estimate of drug-likeness (QED) is 0.894. The lowest BCUT2D eigenvalue weighted by atomic mass is 9.71. The molecule has 2 N–H and O–H groups in total. The monoisotopic (exact) mass is 315 g/mol. The fourth-order valence-electron chi connectivity index (χ4n) is 3.12. The minimum atomic E-state index is -0.137. The standard InChI is InChI=1S/C19H22ClNO/c1-14-9-16(7-8-18(14)20)10-19(21)11-17(12-19)22-13-15-5-3-2-4-6-15/h2-9,17H,10-13,21H2,1H3. The molecule has 3 rings (SSSR count). The lowest BCUT2D eigenvalue weighted by Gasteiger charge is -2.45. The highest BCUT2D eigenvalue weighted by Crippen LogP contribution is 2.36. The number of aryl methyl sites for hydroxylation is 1. The summed E-state index contributed by atoms with van der Waals surface area (Å²) in [5.41, 5.74) is 9.91. The van der Waals surface area contributed by atoms with Crippen molar-refractivity contribution in [2.45, 2.75) is 44.4 Å². The van der Waals surface area contributed by atoms with Gasteiger partial charge in [-0.25, -0.2) is 0 Å². The summed E-state index contributed by atoms with van der Waals surface area (Å²) in [5, 5.41) is 0.813. The molecule has 116 valence electrons. The van der Waals surface area contributed by atoms with Gasteiger partial charge in [0, 0.05) is 10.6 Å². The van der Waals surface area contributed by atoms with Crippen molar-refractivity contribution in [1.82, 2.24) is 0 Å². The molecule has 3 heteroatoms. The van der Waals surface area contributed by atoms with Crippen LogP contribution in [0, 0.1) is 6.92 Å². The van der Waals surface area contributed by atoms with E-state index in [0.717, 1.165) is 29.8 Å². The van der Waals surface area contributed by atoms with Gasteiger partial charge in [-0.2, -0.15) is 0 Å². The van der Waals surface area contributed by atoms with Crippen molar-refractivity contribution >= 4 is 11.6 Å². The van der Waals surface area contributed by atoms with E-state index in [9.17, 15) is 0 Å². The number of rotatable bonds is 5. The van der Waals surface area contributed by atoms with Crippen molar-refractivity contribution in [3.63, 3.8) is 0 Å². The molecule has 2 nitrogen and oxygen atoms in total. The van der Waals surface area contributed by atoms with Crippen molar-refractivity contribution in [1.29, 1.82) is 0 Å². The highest BCUT2D eigenvalue weighted by Gasteiger charge is 2.41. The fraction of sp³-hybridized carbons (Fsp3) is 0.368. The Labute approximate surface area is 137 Å². The Morgan fingerprint density at radius 3 is 2.55 bits per heavy atom. The Balaban J connectivity index is 1.49. The predicted octanol–water partition coefficient (Wildman–Crippen LogP) is 4.27. The Kier molecular flexibility index (Phi) is 4.53. The molecule has 0 aromatic heterocycles. The number of hydrogen-bond donors (Lipinski definition) is 1. The second kappa shape index (κ2) is 6.41. The average Bonchev–Trinajstić information content (AvgIpc) is 2.48. The van der Waals surface area contributed by atoms with Gasteiger partial charge in [0.1, 0.15) is 0 Å². The highest BCUT2D eigenvalue weighted by molar-refractivity contribution is 6.31. The summed E-state index contributed by atoms with van der Waals surface area (Å²) in [6, 6.07) is 16.4. The Bertz CT molecular complexity index is 635. The van der Waals surface area contributed by atoms with E-state index in [2.05, 4.69) is 24.3 Å². The van der Waals surface area contributed by atoms with E-state index >= 15 is 0 Å². The molecule has 1 aliphatic carbocycles. The van der Waals surface area contributed by atoms with Crippen molar-refractivity contribution in [3.8, 4) is 0 Å². The smallest absolute Gasteiger partial charge is 0.0720 e. The van der Waals surface area contributed by atoms with Crippen LogP contribution >= 0.6 is 11.6 Å². The summed E-state index contributed by atoms with van der Waals surface area (Å²) in [5.74, 6) is 0. The number of nitrogens with two attached hydrogens (primary N) is 1. The van der Waals surface area contributed by atoms with Crippen LogP contribution in [0.25, 0.3) is 0 Å². The summed E-state index contributed by atoms with van der Waals surface area (Å²) >= 11 is 6.07. The van der Waals surface area contributed by atoms with Crippen LogP contribution in [-0.2, 0) is 17.8 Å². The maximum atomic E-state index is 6.47. The predicted molar refractivity (Wildman–Crippen MR) is 91.1 cm³/mol. The first-order valence-electron chi connectivity index (χ1n) is 7.74. The summed E-state index contributed by atoms with van der Waals surface area (Å²) in [6.07, 6.45) is 3.00. The summed E-state index contributed by atoms with van der Waals surface area (Å²) in [6.45, 7) is 2.70. The van der Waals surface area contributed by atoms with Gasteiger partial charge in [-0.15, -0.1) is 0 Å². The first-order valence-corrected chi connectivity index (χ1v) is 8.11. The first kappa shape index (κ1) is 15.5. The molecule has 0 bridgehead atoms. The molecule has 0 heterocycles. The number of halogens is 1. The van der Waals surface area contributed by atoms with E-state index in [1.165, 1.54) is 11.1 Å². The zero-order chi connectivity index (χ0) is 15.6. The van der Waals surface area contributed by atoms with Crippen LogP contribution in [0.3, 0.4) is 0 Å². The molecule has 0 saturated heterocycles. The van der Waals surface area contributed by atoms with Crippen LogP contribution in [-0.4, -0.2) is 11.6 Å². The number of benzene rings is 2. The SMILES string of the molecule is Cc1cc(CC2(N)CC(OCc3ccccc3)C2)ccc1Cl. The molecule has 1 aliphatic rings. The third-order valence-corrected chi connectivity index (χ3v) is 4.80. The molecule has 2 aromatic carbocycles. The number of ether oxygens (including phenoxy) is 1. The molecule has 0 radical (unpaired) electrons. The van der Waals surface area contributed by atoms with Crippen LogP contribution in [0.5, 0.6) is 0 Å². The van der Waals surface area contributed by atoms with Crippen LogP contribution in [0.1, 0.15) is 29.5 Å². The van der Waals surface area contributed by atoms with Crippen LogP contribution in [0.4, 0.5) is 0 Å². The third-order valence-electron chi connectivity index (χ3n) is 4.38. The molecule has 1 fully saturated rings.